The molecule has 0 bridgehead atoms. The molecule has 5 heteroatoms. The molecular weight excluding hydrogens is 280 g/mol. The average Bonchev–Trinajstić information content (AvgIpc) is 2.28. The van der Waals surface area contributed by atoms with Gasteiger partial charge in [-0.2, -0.15) is 0 Å². The number of rotatable bonds is 2. The number of nitrogens with two attached hydrogens (primary N) is 1. The minimum atomic E-state index is 0.494. The third-order valence-corrected chi connectivity index (χ3v) is 4.04. The molecule has 94 valence electrons. The summed E-state index contributed by atoms with van der Waals surface area (Å²) in [7, 11) is 0. The molecule has 0 saturated heterocycles. The first kappa shape index (κ1) is 12.6. The number of hydrogen-bond acceptors (Lipinski definition) is 4. The molecule has 1 aromatic rings. The lowest BCUT2D eigenvalue weighted by atomic mass is 9.97. The van der Waals surface area contributed by atoms with E-state index >= 15 is 0 Å². The van der Waals surface area contributed by atoms with Gasteiger partial charge < -0.3 is 11.1 Å². The summed E-state index contributed by atoms with van der Waals surface area (Å²) in [5.41, 5.74) is 5.74. The quantitative estimate of drug-likeness (QED) is 0.879. The van der Waals surface area contributed by atoms with Gasteiger partial charge in [0.2, 0.25) is 0 Å². The molecule has 0 atom stereocenters. The van der Waals surface area contributed by atoms with Crippen LogP contribution in [-0.2, 0) is 0 Å². The lowest BCUT2D eigenvalue weighted by Crippen LogP contribution is -2.21. The van der Waals surface area contributed by atoms with Crippen LogP contribution in [0, 0.1) is 0 Å². The number of nitrogens with one attached hydrogen (secondary N) is 1. The van der Waals surface area contributed by atoms with E-state index in [0.717, 1.165) is 10.3 Å². The summed E-state index contributed by atoms with van der Waals surface area (Å²) in [6, 6.07) is 0.515. The van der Waals surface area contributed by atoms with Crippen molar-refractivity contribution in [3.63, 3.8) is 0 Å². The van der Waals surface area contributed by atoms with Crippen LogP contribution >= 0.6 is 15.9 Å². The topological polar surface area (TPSA) is 63.8 Å². The largest absolute Gasteiger partial charge is 0.383 e. The van der Waals surface area contributed by atoms with Crippen LogP contribution in [0.3, 0.4) is 0 Å². The molecule has 1 aromatic heterocycles. The molecule has 3 N–H and O–H groups in total. The average molecular weight is 299 g/mol. The minimum Gasteiger partial charge on any atom is -0.383 e. The molecule has 4 nitrogen and oxygen atoms in total. The monoisotopic (exact) mass is 298 g/mol. The highest BCUT2D eigenvalue weighted by atomic mass is 79.9. The van der Waals surface area contributed by atoms with Gasteiger partial charge in [-0.1, -0.05) is 32.1 Å². The van der Waals surface area contributed by atoms with Gasteiger partial charge in [0.15, 0.2) is 0 Å². The van der Waals surface area contributed by atoms with Crippen molar-refractivity contribution >= 4 is 27.6 Å². The van der Waals surface area contributed by atoms with Gasteiger partial charge in [-0.15, -0.1) is 0 Å². The fourth-order valence-corrected chi connectivity index (χ4v) is 2.60. The predicted molar refractivity (Wildman–Crippen MR) is 73.9 cm³/mol. The van der Waals surface area contributed by atoms with Gasteiger partial charge in [0.05, 0.1) is 0 Å². The lowest BCUT2D eigenvalue weighted by molar-refractivity contribution is 0.470. The fourth-order valence-electron chi connectivity index (χ4n) is 2.28. The van der Waals surface area contributed by atoms with E-state index in [2.05, 4.69) is 31.2 Å². The van der Waals surface area contributed by atoms with Crippen LogP contribution in [0.2, 0.25) is 0 Å². The van der Waals surface area contributed by atoms with Crippen LogP contribution in [0.25, 0.3) is 0 Å². The second kappa shape index (κ2) is 6.19. The Kier molecular flexibility index (Phi) is 4.59. The number of nitrogens with zero attached hydrogens (tertiary/aromatic N) is 2. The van der Waals surface area contributed by atoms with Crippen molar-refractivity contribution in [2.24, 2.45) is 0 Å². The van der Waals surface area contributed by atoms with Gasteiger partial charge in [0, 0.05) is 6.04 Å². The summed E-state index contributed by atoms with van der Waals surface area (Å²) in [6.45, 7) is 0. The van der Waals surface area contributed by atoms with Crippen molar-refractivity contribution in [2.75, 3.05) is 11.1 Å². The Morgan fingerprint density at radius 1 is 1.12 bits per heavy atom. The summed E-state index contributed by atoms with van der Waals surface area (Å²) in [5.74, 6) is 1.32. The minimum absolute atomic E-state index is 0.494. The van der Waals surface area contributed by atoms with Crippen molar-refractivity contribution in [1.29, 1.82) is 0 Å². The molecule has 1 heterocycles. The van der Waals surface area contributed by atoms with Gasteiger partial charge >= 0.3 is 0 Å². The third-order valence-electron chi connectivity index (χ3n) is 3.26. The summed E-state index contributed by atoms with van der Waals surface area (Å²) < 4.78 is 0.780. The maximum atomic E-state index is 5.74. The normalized spacial score (nSPS) is 18.4. The number of anilines is 2. The molecule has 0 amide bonds. The van der Waals surface area contributed by atoms with E-state index in [4.69, 9.17) is 5.73 Å². The summed E-state index contributed by atoms with van der Waals surface area (Å²) in [5, 5.41) is 3.48. The zero-order chi connectivity index (χ0) is 12.1. The summed E-state index contributed by atoms with van der Waals surface area (Å²) >= 11 is 3.43. The molecule has 2 rings (SSSR count). The Bertz CT molecular complexity index is 362. The molecule has 1 fully saturated rings. The standard InChI is InChI=1S/C12H19BrN4/c13-10-11(14)15-8-16-12(10)17-9-6-4-2-1-3-5-7-9/h8-9H,1-7H2,(H3,14,15,16,17). The van der Waals surface area contributed by atoms with E-state index in [1.54, 1.807) is 0 Å². The molecule has 17 heavy (non-hydrogen) atoms. The van der Waals surface area contributed by atoms with Gasteiger partial charge in [-0.25, -0.2) is 9.97 Å². The lowest BCUT2D eigenvalue weighted by Gasteiger charge is -2.22. The zero-order valence-corrected chi connectivity index (χ0v) is 11.5. The Morgan fingerprint density at radius 2 is 1.76 bits per heavy atom. The maximum Gasteiger partial charge on any atom is 0.146 e. The summed E-state index contributed by atoms with van der Waals surface area (Å²) in [4.78, 5) is 8.18. The number of nitrogen functional groups attached to an aromatic ring is 1. The van der Waals surface area contributed by atoms with Crippen molar-refractivity contribution < 1.29 is 0 Å². The van der Waals surface area contributed by atoms with Gasteiger partial charge in [0.25, 0.3) is 0 Å². The Balaban J connectivity index is 2.00. The molecule has 0 spiro atoms. The number of halogens is 1. The van der Waals surface area contributed by atoms with E-state index in [0.29, 0.717) is 11.9 Å². The second-order valence-electron chi connectivity index (χ2n) is 4.61. The van der Waals surface area contributed by atoms with Crippen molar-refractivity contribution in [2.45, 2.75) is 51.0 Å². The van der Waals surface area contributed by atoms with Gasteiger partial charge in [-0.05, 0) is 28.8 Å². The SMILES string of the molecule is Nc1ncnc(NC2CCCCCCC2)c1Br. The first-order valence-electron chi connectivity index (χ1n) is 6.30. The predicted octanol–water partition coefficient (Wildman–Crippen LogP) is 3.35. The first-order valence-corrected chi connectivity index (χ1v) is 7.09. The molecule has 0 unspecified atom stereocenters. The number of hydrogen-bond donors (Lipinski definition) is 2. The smallest absolute Gasteiger partial charge is 0.146 e. The van der Waals surface area contributed by atoms with E-state index in [1.807, 2.05) is 0 Å². The molecule has 1 aliphatic carbocycles. The zero-order valence-electron chi connectivity index (χ0n) is 9.95. The van der Waals surface area contributed by atoms with Crippen LogP contribution in [0.15, 0.2) is 10.8 Å². The second-order valence-corrected chi connectivity index (χ2v) is 5.40. The van der Waals surface area contributed by atoms with E-state index in [9.17, 15) is 0 Å². The van der Waals surface area contributed by atoms with Crippen LogP contribution in [0.4, 0.5) is 11.6 Å². The van der Waals surface area contributed by atoms with Crippen LogP contribution in [0.1, 0.15) is 44.9 Å². The van der Waals surface area contributed by atoms with E-state index < -0.39 is 0 Å². The highest BCUT2D eigenvalue weighted by Gasteiger charge is 2.14. The van der Waals surface area contributed by atoms with Gasteiger partial charge in [0.1, 0.15) is 22.4 Å². The van der Waals surface area contributed by atoms with Crippen LogP contribution < -0.4 is 11.1 Å². The fraction of sp³-hybridized carbons (Fsp3) is 0.667. The highest BCUT2D eigenvalue weighted by molar-refractivity contribution is 9.10. The molecule has 0 aromatic carbocycles. The van der Waals surface area contributed by atoms with Crippen LogP contribution in [0.5, 0.6) is 0 Å². The van der Waals surface area contributed by atoms with Crippen molar-refractivity contribution in [3.8, 4) is 0 Å². The molecule has 0 radical (unpaired) electrons. The van der Waals surface area contributed by atoms with Crippen molar-refractivity contribution in [3.05, 3.63) is 10.8 Å². The Hall–Kier alpha value is -0.840. The number of aromatic nitrogens is 2. The maximum absolute atomic E-state index is 5.74. The summed E-state index contributed by atoms with van der Waals surface area (Å²) in [6.07, 6.45) is 10.6. The molecule has 1 aliphatic rings. The van der Waals surface area contributed by atoms with E-state index in [1.165, 1.54) is 51.3 Å². The highest BCUT2D eigenvalue weighted by Crippen LogP contribution is 2.27. The van der Waals surface area contributed by atoms with Gasteiger partial charge in [-0.3, -0.25) is 0 Å². The molecule has 0 aliphatic heterocycles. The first-order chi connectivity index (χ1) is 8.27. The Morgan fingerprint density at radius 3 is 2.47 bits per heavy atom. The van der Waals surface area contributed by atoms with E-state index in [-0.39, 0.29) is 0 Å². The third kappa shape index (κ3) is 3.56. The Labute approximate surface area is 111 Å². The molecular formula is C12H19BrN4. The van der Waals surface area contributed by atoms with Crippen LogP contribution in [-0.4, -0.2) is 16.0 Å². The molecule has 1 saturated carbocycles. The van der Waals surface area contributed by atoms with Crippen molar-refractivity contribution in [1.82, 2.24) is 9.97 Å².